The number of hydrogen-bond acceptors (Lipinski definition) is 5. The molecular weight excluding hydrogens is 425 g/mol. The molecule has 0 saturated heterocycles. The van der Waals surface area contributed by atoms with E-state index in [1.54, 1.807) is 30.3 Å². The monoisotopic (exact) mass is 439 g/mol. The first-order valence-electron chi connectivity index (χ1n) is 9.16. The lowest BCUT2D eigenvalue weighted by molar-refractivity contribution is -0.120. The maximum absolute atomic E-state index is 14.1. The van der Waals surface area contributed by atoms with E-state index < -0.39 is 17.6 Å². The summed E-state index contributed by atoms with van der Waals surface area (Å²) in [7, 11) is 0. The van der Waals surface area contributed by atoms with E-state index in [0.29, 0.717) is 21.9 Å². The van der Waals surface area contributed by atoms with Crippen LogP contribution in [0.5, 0.6) is 0 Å². The van der Waals surface area contributed by atoms with Crippen LogP contribution >= 0.6 is 11.6 Å². The maximum atomic E-state index is 14.1. The molecule has 2 heterocycles. The average Bonchev–Trinajstić information content (AvgIpc) is 3.36. The number of carbonyl (C=O) groups is 3. The fraction of sp³-hybridized carbons (Fsp3) is 0.0455. The molecule has 0 aliphatic carbocycles. The number of furan rings is 1. The molecule has 0 fully saturated rings. The van der Waals surface area contributed by atoms with Crippen LogP contribution in [0.25, 0.3) is 0 Å². The lowest BCUT2D eigenvalue weighted by atomic mass is 10.2. The molecule has 2 aromatic carbocycles. The summed E-state index contributed by atoms with van der Waals surface area (Å²) in [5.74, 6) is -2.13. The number of nitrogens with one attached hydrogen (secondary N) is 2. The third-order valence-corrected chi connectivity index (χ3v) is 4.87. The van der Waals surface area contributed by atoms with Gasteiger partial charge in [-0.2, -0.15) is 0 Å². The Hall–Kier alpha value is -3.91. The van der Waals surface area contributed by atoms with Gasteiger partial charge in [-0.05, 0) is 42.5 Å². The zero-order valence-electron chi connectivity index (χ0n) is 15.9. The molecule has 7 nitrogen and oxygen atoms in total. The summed E-state index contributed by atoms with van der Waals surface area (Å²) in [4.78, 5) is 38.3. The molecule has 156 valence electrons. The van der Waals surface area contributed by atoms with Crippen molar-refractivity contribution in [1.29, 1.82) is 0 Å². The molecule has 0 bridgehead atoms. The van der Waals surface area contributed by atoms with E-state index in [9.17, 15) is 18.8 Å². The number of imide groups is 1. The van der Waals surface area contributed by atoms with Crippen molar-refractivity contribution in [2.75, 3.05) is 10.2 Å². The summed E-state index contributed by atoms with van der Waals surface area (Å²) in [6.45, 7) is 0.213. The van der Waals surface area contributed by atoms with Crippen LogP contribution in [0.15, 0.2) is 82.1 Å². The Balaban J connectivity index is 1.52. The van der Waals surface area contributed by atoms with Gasteiger partial charge in [0.05, 0.1) is 18.5 Å². The number of benzene rings is 2. The van der Waals surface area contributed by atoms with Crippen molar-refractivity contribution < 1.29 is 23.2 Å². The Morgan fingerprint density at radius 2 is 1.84 bits per heavy atom. The van der Waals surface area contributed by atoms with Gasteiger partial charge in [0, 0.05) is 11.3 Å². The van der Waals surface area contributed by atoms with Crippen LogP contribution in [0.1, 0.15) is 16.1 Å². The average molecular weight is 440 g/mol. The summed E-state index contributed by atoms with van der Waals surface area (Å²) in [5.41, 5.74) is 0.271. The van der Waals surface area contributed by atoms with Gasteiger partial charge in [0.25, 0.3) is 17.7 Å². The summed E-state index contributed by atoms with van der Waals surface area (Å²) in [6.07, 6.45) is 1.51. The molecule has 1 aromatic heterocycles. The Morgan fingerprint density at radius 3 is 2.58 bits per heavy atom. The third-order valence-electron chi connectivity index (χ3n) is 4.52. The van der Waals surface area contributed by atoms with Gasteiger partial charge < -0.3 is 15.1 Å². The van der Waals surface area contributed by atoms with Crippen LogP contribution in [0, 0.1) is 5.82 Å². The zero-order valence-corrected chi connectivity index (χ0v) is 16.7. The fourth-order valence-corrected chi connectivity index (χ4v) is 3.24. The Kier molecular flexibility index (Phi) is 5.55. The van der Waals surface area contributed by atoms with Gasteiger partial charge in [0.15, 0.2) is 0 Å². The molecule has 0 radical (unpaired) electrons. The van der Waals surface area contributed by atoms with E-state index >= 15 is 0 Å². The molecule has 31 heavy (non-hydrogen) atoms. The highest BCUT2D eigenvalue weighted by molar-refractivity contribution is 6.53. The van der Waals surface area contributed by atoms with E-state index in [4.69, 9.17) is 16.0 Å². The molecule has 1 aliphatic rings. The minimum Gasteiger partial charge on any atom is -0.467 e. The number of carbonyl (C=O) groups excluding carboxylic acids is 3. The first-order chi connectivity index (χ1) is 15.0. The third kappa shape index (κ3) is 4.06. The van der Waals surface area contributed by atoms with Gasteiger partial charge in [0.1, 0.15) is 22.3 Å². The second-order valence-electron chi connectivity index (χ2n) is 6.55. The number of anilines is 2. The minimum absolute atomic E-state index is 0.196. The molecule has 3 aromatic rings. The van der Waals surface area contributed by atoms with Crippen LogP contribution in [-0.2, 0) is 16.1 Å². The van der Waals surface area contributed by atoms with Gasteiger partial charge in [0.2, 0.25) is 0 Å². The number of nitrogens with zero attached hydrogens (tertiary/aromatic N) is 1. The summed E-state index contributed by atoms with van der Waals surface area (Å²) in [5, 5.41) is 5.11. The number of amides is 3. The Labute approximate surface area is 181 Å². The fourth-order valence-electron chi connectivity index (χ4n) is 3.03. The Morgan fingerprint density at radius 1 is 1.03 bits per heavy atom. The van der Waals surface area contributed by atoms with E-state index in [2.05, 4.69) is 10.6 Å². The van der Waals surface area contributed by atoms with E-state index in [1.165, 1.54) is 30.5 Å². The van der Waals surface area contributed by atoms with Crippen molar-refractivity contribution in [2.24, 2.45) is 0 Å². The summed E-state index contributed by atoms with van der Waals surface area (Å²) < 4.78 is 19.3. The molecule has 9 heteroatoms. The van der Waals surface area contributed by atoms with Crippen molar-refractivity contribution in [3.8, 4) is 0 Å². The standard InChI is InChI=1S/C22H15ClFN3O4/c23-18-19(22(30)27(21(18)29)17-9-2-1-8-16(17)24)26-14-6-3-5-13(11-14)20(28)25-12-15-7-4-10-31-15/h1-11,26H,12H2,(H,25,28). The molecule has 0 atom stereocenters. The molecule has 1 aliphatic heterocycles. The highest BCUT2D eigenvalue weighted by Gasteiger charge is 2.40. The van der Waals surface area contributed by atoms with E-state index in [0.717, 1.165) is 6.07 Å². The SMILES string of the molecule is O=C(NCc1ccco1)c1cccc(NC2=C(Cl)C(=O)N(c3ccccc3F)C2=O)c1. The van der Waals surface area contributed by atoms with Crippen LogP contribution < -0.4 is 15.5 Å². The number of rotatable bonds is 6. The van der Waals surface area contributed by atoms with Crippen LogP contribution in [0.3, 0.4) is 0 Å². The number of halogens is 2. The van der Waals surface area contributed by atoms with Crippen molar-refractivity contribution in [2.45, 2.75) is 6.54 Å². The first-order valence-corrected chi connectivity index (χ1v) is 9.54. The number of hydrogen-bond donors (Lipinski definition) is 2. The lowest BCUT2D eigenvalue weighted by Gasteiger charge is -2.15. The molecular formula is C22H15ClFN3O4. The highest BCUT2D eigenvalue weighted by Crippen LogP contribution is 2.31. The normalized spacial score (nSPS) is 13.7. The first kappa shape index (κ1) is 20.4. The lowest BCUT2D eigenvalue weighted by Crippen LogP contribution is -2.33. The van der Waals surface area contributed by atoms with Gasteiger partial charge in [-0.25, -0.2) is 9.29 Å². The minimum atomic E-state index is -0.841. The van der Waals surface area contributed by atoms with Gasteiger partial charge >= 0.3 is 0 Å². The largest absolute Gasteiger partial charge is 0.467 e. The van der Waals surface area contributed by atoms with Crippen molar-refractivity contribution in [1.82, 2.24) is 5.32 Å². The quantitative estimate of drug-likeness (QED) is 0.570. The second kappa shape index (κ2) is 8.45. The molecule has 2 N–H and O–H groups in total. The van der Waals surface area contributed by atoms with Crippen molar-refractivity contribution >= 4 is 40.7 Å². The van der Waals surface area contributed by atoms with Crippen molar-refractivity contribution in [3.63, 3.8) is 0 Å². The smallest absolute Gasteiger partial charge is 0.283 e. The summed E-state index contributed by atoms with van der Waals surface area (Å²) >= 11 is 6.07. The van der Waals surface area contributed by atoms with Crippen LogP contribution in [0.4, 0.5) is 15.8 Å². The van der Waals surface area contributed by atoms with Crippen LogP contribution in [-0.4, -0.2) is 17.7 Å². The van der Waals surface area contributed by atoms with Gasteiger partial charge in [-0.3, -0.25) is 14.4 Å². The topological polar surface area (TPSA) is 91.7 Å². The van der Waals surface area contributed by atoms with E-state index in [-0.39, 0.29) is 28.9 Å². The molecule has 3 amide bonds. The van der Waals surface area contributed by atoms with Gasteiger partial charge in [-0.1, -0.05) is 29.8 Å². The van der Waals surface area contributed by atoms with Crippen LogP contribution in [0.2, 0.25) is 0 Å². The van der Waals surface area contributed by atoms with Gasteiger partial charge in [-0.15, -0.1) is 0 Å². The summed E-state index contributed by atoms with van der Waals surface area (Å²) in [6, 6.07) is 15.1. The molecule has 0 spiro atoms. The van der Waals surface area contributed by atoms with Crippen molar-refractivity contribution in [3.05, 3.63) is 94.8 Å². The maximum Gasteiger partial charge on any atom is 0.283 e. The number of para-hydroxylation sites is 1. The second-order valence-corrected chi connectivity index (χ2v) is 6.93. The zero-order chi connectivity index (χ0) is 22.0. The molecule has 0 unspecified atom stereocenters. The van der Waals surface area contributed by atoms with E-state index in [1.807, 2.05) is 0 Å². The molecule has 4 rings (SSSR count). The predicted octanol–water partition coefficient (Wildman–Crippen LogP) is 3.78. The molecule has 0 saturated carbocycles. The predicted molar refractivity (Wildman–Crippen MR) is 112 cm³/mol. The highest BCUT2D eigenvalue weighted by atomic mass is 35.5. The Bertz CT molecular complexity index is 1210.